The van der Waals surface area contributed by atoms with Gasteiger partial charge in [0, 0.05) is 42.9 Å². The Bertz CT molecular complexity index is 1330. The van der Waals surface area contributed by atoms with Crippen LogP contribution in [0.4, 0.5) is 4.39 Å². The van der Waals surface area contributed by atoms with E-state index in [0.717, 1.165) is 39.2 Å². The monoisotopic (exact) mass is 589 g/mol. The number of fused-ring (bicyclic) bond motifs is 3. The quantitative estimate of drug-likeness (QED) is 0.284. The van der Waals surface area contributed by atoms with E-state index in [1.165, 1.54) is 19.1 Å². The molecule has 2 aliphatic carbocycles. The van der Waals surface area contributed by atoms with E-state index in [2.05, 4.69) is 5.32 Å². The normalized spacial score (nSPS) is 24.6. The van der Waals surface area contributed by atoms with Crippen molar-refractivity contribution in [2.24, 2.45) is 5.92 Å². The standard InChI is InChI=1S/C25H23FO7.C4H9NO2.CH4O/c1-11(27)12-9-14-19(16(10-12)33-17-7-2-3-8-32-17)25(31)21-20(23(14)29)22(28)13-5-4-6-15(26)18(13)24(21)30;6-4-3-7-2-1-5-4;1-2/h4-6,12,16-17,29,31H,2-3,7-10H2,1H3;4-6H,1-3H2;2H,1H3/t12?,16-,17?;;/m0../s1. The van der Waals surface area contributed by atoms with Crippen LogP contribution in [0.3, 0.4) is 0 Å². The summed E-state index contributed by atoms with van der Waals surface area (Å²) in [7, 11) is 1.00. The zero-order valence-corrected chi connectivity index (χ0v) is 23.5. The number of aliphatic hydroxyl groups excluding tert-OH is 2. The summed E-state index contributed by atoms with van der Waals surface area (Å²) in [4.78, 5) is 38.6. The molecule has 0 aromatic heterocycles. The van der Waals surface area contributed by atoms with Gasteiger partial charge in [0.15, 0.2) is 12.1 Å². The van der Waals surface area contributed by atoms with Crippen molar-refractivity contribution in [3.8, 4) is 11.5 Å². The van der Waals surface area contributed by atoms with Crippen LogP contribution in [0.5, 0.6) is 11.5 Å². The molecule has 0 spiro atoms. The Morgan fingerprint density at radius 2 is 1.79 bits per heavy atom. The number of benzene rings is 2. The van der Waals surface area contributed by atoms with Crippen molar-refractivity contribution in [1.29, 1.82) is 0 Å². The Balaban J connectivity index is 0.000000390. The second-order valence-electron chi connectivity index (χ2n) is 10.4. The van der Waals surface area contributed by atoms with Crippen molar-refractivity contribution in [2.75, 3.05) is 33.5 Å². The van der Waals surface area contributed by atoms with Crippen LogP contribution >= 0.6 is 0 Å². The third kappa shape index (κ3) is 6.24. The molecule has 4 aliphatic rings. The highest BCUT2D eigenvalue weighted by atomic mass is 19.1. The van der Waals surface area contributed by atoms with E-state index in [4.69, 9.17) is 24.4 Å². The smallest absolute Gasteiger partial charge is 0.201 e. The Morgan fingerprint density at radius 1 is 1.05 bits per heavy atom. The molecule has 2 aromatic carbocycles. The van der Waals surface area contributed by atoms with E-state index in [1.807, 2.05) is 0 Å². The molecule has 0 radical (unpaired) electrons. The molecule has 5 N–H and O–H groups in total. The second kappa shape index (κ2) is 13.8. The predicted molar refractivity (Wildman–Crippen MR) is 146 cm³/mol. The number of aliphatic hydroxyl groups is 2. The number of hydrogen-bond donors (Lipinski definition) is 5. The van der Waals surface area contributed by atoms with Gasteiger partial charge < -0.3 is 34.6 Å². The van der Waals surface area contributed by atoms with Crippen LogP contribution in [0.1, 0.15) is 81.7 Å². The van der Waals surface area contributed by atoms with Gasteiger partial charge in [0.2, 0.25) is 5.78 Å². The molecular formula is C30H36FNO10. The molecule has 2 fully saturated rings. The molecule has 2 heterocycles. The third-order valence-corrected chi connectivity index (χ3v) is 7.73. The molecule has 3 unspecified atom stereocenters. The first-order chi connectivity index (χ1) is 20.2. The highest BCUT2D eigenvalue weighted by Gasteiger charge is 2.43. The van der Waals surface area contributed by atoms with Crippen molar-refractivity contribution in [3.63, 3.8) is 0 Å². The molecule has 2 aliphatic heterocycles. The zero-order valence-electron chi connectivity index (χ0n) is 23.5. The minimum absolute atomic E-state index is 0.0835. The van der Waals surface area contributed by atoms with Crippen molar-refractivity contribution in [3.05, 3.63) is 57.4 Å². The molecule has 6 rings (SSSR count). The van der Waals surface area contributed by atoms with Gasteiger partial charge in [-0.3, -0.25) is 19.7 Å². The number of nitrogens with one attached hydrogen (secondary N) is 1. The molecular weight excluding hydrogens is 553 g/mol. The fourth-order valence-electron chi connectivity index (χ4n) is 5.68. The molecule has 4 atom stereocenters. The van der Waals surface area contributed by atoms with E-state index < -0.39 is 64.5 Å². The first-order valence-electron chi connectivity index (χ1n) is 13.9. The van der Waals surface area contributed by atoms with Crippen molar-refractivity contribution in [1.82, 2.24) is 5.32 Å². The number of ether oxygens (including phenoxy) is 3. The Hall–Kier alpha value is -3.26. The van der Waals surface area contributed by atoms with E-state index in [0.29, 0.717) is 19.6 Å². The number of carbonyl (C=O) groups is 3. The summed E-state index contributed by atoms with van der Waals surface area (Å²) in [6, 6.07) is 3.68. The summed E-state index contributed by atoms with van der Waals surface area (Å²) in [5, 5.41) is 40.8. The van der Waals surface area contributed by atoms with Gasteiger partial charge >= 0.3 is 0 Å². The highest BCUT2D eigenvalue weighted by Crippen LogP contribution is 2.51. The van der Waals surface area contributed by atoms with E-state index in [-0.39, 0.29) is 40.9 Å². The molecule has 12 heteroatoms. The lowest BCUT2D eigenvalue weighted by Crippen LogP contribution is -2.40. The van der Waals surface area contributed by atoms with E-state index in [9.17, 15) is 29.0 Å². The lowest BCUT2D eigenvalue weighted by atomic mass is 9.74. The minimum atomic E-state index is -0.881. The fourth-order valence-corrected chi connectivity index (χ4v) is 5.68. The van der Waals surface area contributed by atoms with E-state index in [1.54, 1.807) is 0 Å². The minimum Gasteiger partial charge on any atom is -0.507 e. The van der Waals surface area contributed by atoms with Gasteiger partial charge in [-0.25, -0.2) is 4.39 Å². The van der Waals surface area contributed by atoms with Gasteiger partial charge in [-0.1, -0.05) is 12.1 Å². The Kier molecular flexibility index (Phi) is 10.4. The second-order valence-corrected chi connectivity index (χ2v) is 10.4. The number of hydrogen-bond acceptors (Lipinski definition) is 11. The summed E-state index contributed by atoms with van der Waals surface area (Å²) >= 11 is 0. The third-order valence-electron chi connectivity index (χ3n) is 7.73. The van der Waals surface area contributed by atoms with Crippen LogP contribution in [0.25, 0.3) is 0 Å². The average molecular weight is 590 g/mol. The van der Waals surface area contributed by atoms with Crippen molar-refractivity contribution in [2.45, 2.75) is 57.6 Å². The average Bonchev–Trinajstić information content (AvgIpc) is 2.99. The van der Waals surface area contributed by atoms with Crippen LogP contribution < -0.4 is 5.32 Å². The highest BCUT2D eigenvalue weighted by molar-refractivity contribution is 6.30. The number of carbonyl (C=O) groups excluding carboxylic acids is 3. The number of Topliss-reactive ketones (excluding diaryl/α,β-unsaturated/α-hetero) is 1. The molecule has 2 saturated heterocycles. The maximum atomic E-state index is 14.5. The maximum absolute atomic E-state index is 14.5. The summed E-state index contributed by atoms with van der Waals surface area (Å²) < 4.78 is 31.1. The number of aromatic hydroxyl groups is 2. The maximum Gasteiger partial charge on any atom is 0.201 e. The van der Waals surface area contributed by atoms with Crippen LogP contribution in [0.2, 0.25) is 0 Å². The van der Waals surface area contributed by atoms with Gasteiger partial charge in [0.1, 0.15) is 29.3 Å². The van der Waals surface area contributed by atoms with Crippen LogP contribution in [-0.2, 0) is 25.4 Å². The SMILES string of the molecule is CC(=O)C1Cc2c(O)c3c(c(O)c2[C@@H](OC2CCCCO2)C1)C(=O)c1c(F)cccc1C3=O.CO.OC1COCCN1. The van der Waals surface area contributed by atoms with Crippen LogP contribution in [-0.4, -0.2) is 83.8 Å². The largest absolute Gasteiger partial charge is 0.507 e. The number of phenols is 2. The number of ketones is 3. The van der Waals surface area contributed by atoms with Gasteiger partial charge in [0.05, 0.1) is 36.0 Å². The summed E-state index contributed by atoms with van der Waals surface area (Å²) in [5.74, 6) is -4.14. The van der Waals surface area contributed by atoms with Gasteiger partial charge in [-0.2, -0.15) is 0 Å². The molecule has 0 bridgehead atoms. The first kappa shape index (κ1) is 31.7. The van der Waals surface area contributed by atoms with Crippen LogP contribution in [0.15, 0.2) is 18.2 Å². The number of halogens is 1. The molecule has 0 saturated carbocycles. The van der Waals surface area contributed by atoms with Gasteiger partial charge in [-0.15, -0.1) is 0 Å². The summed E-state index contributed by atoms with van der Waals surface area (Å²) in [5.41, 5.74) is -1.07. The fraction of sp³-hybridized carbons (Fsp3) is 0.500. The number of rotatable bonds is 3. The Labute approximate surface area is 242 Å². The first-order valence-corrected chi connectivity index (χ1v) is 13.9. The van der Waals surface area contributed by atoms with E-state index >= 15 is 0 Å². The van der Waals surface area contributed by atoms with Gasteiger partial charge in [0.25, 0.3) is 0 Å². The topological polar surface area (TPSA) is 172 Å². The lowest BCUT2D eigenvalue weighted by Gasteiger charge is -2.36. The Morgan fingerprint density at radius 3 is 2.38 bits per heavy atom. The van der Waals surface area contributed by atoms with Crippen LogP contribution in [0, 0.1) is 11.7 Å². The lowest BCUT2D eigenvalue weighted by molar-refractivity contribution is -0.195. The molecule has 228 valence electrons. The molecule has 11 nitrogen and oxygen atoms in total. The van der Waals surface area contributed by atoms with Crippen molar-refractivity contribution >= 4 is 17.3 Å². The summed E-state index contributed by atoms with van der Waals surface area (Å²) in [6.45, 7) is 3.87. The number of phenolic OH excluding ortho intramolecular Hbond substituents is 2. The zero-order chi connectivity index (χ0) is 30.6. The number of morpholine rings is 1. The molecule has 42 heavy (non-hydrogen) atoms. The predicted octanol–water partition coefficient (Wildman–Crippen LogP) is 2.28. The van der Waals surface area contributed by atoms with Crippen molar-refractivity contribution < 1.29 is 53.4 Å². The molecule has 0 amide bonds. The van der Waals surface area contributed by atoms with Gasteiger partial charge in [-0.05, 0) is 45.1 Å². The summed E-state index contributed by atoms with van der Waals surface area (Å²) in [6.07, 6.45) is 0.894. The molecule has 2 aromatic rings.